The Bertz CT molecular complexity index is 1180. The number of sulfonamides is 2. The molecule has 0 bridgehead atoms. The largest absolute Gasteiger partial charge is 0.304 e. The summed E-state index contributed by atoms with van der Waals surface area (Å²) in [6.07, 6.45) is 0.531. The molecule has 10 heteroatoms. The summed E-state index contributed by atoms with van der Waals surface area (Å²) in [6.45, 7) is 4.85. The molecule has 2 aromatic carbocycles. The lowest BCUT2D eigenvalue weighted by molar-refractivity contribution is 0.222. The van der Waals surface area contributed by atoms with Crippen LogP contribution in [0.15, 0.2) is 46.2 Å². The topological polar surface area (TPSA) is 81.2 Å². The van der Waals surface area contributed by atoms with Gasteiger partial charge in [-0.15, -0.1) is 0 Å². The number of benzene rings is 2. The molecule has 2 heterocycles. The highest BCUT2D eigenvalue weighted by Crippen LogP contribution is 2.39. The van der Waals surface area contributed by atoms with Gasteiger partial charge in [-0.25, -0.2) is 16.8 Å². The van der Waals surface area contributed by atoms with Gasteiger partial charge in [0.15, 0.2) is 0 Å². The number of nitrogens with zero attached hydrogens (tertiary/aromatic N) is 4. The summed E-state index contributed by atoms with van der Waals surface area (Å²) in [5.74, 6) is 0. The van der Waals surface area contributed by atoms with Crippen LogP contribution in [-0.2, 0) is 26.5 Å². The molecule has 0 saturated carbocycles. The van der Waals surface area contributed by atoms with E-state index < -0.39 is 20.0 Å². The minimum Gasteiger partial charge on any atom is -0.304 e. The molecule has 0 aromatic heterocycles. The predicted molar refractivity (Wildman–Crippen MR) is 127 cm³/mol. The summed E-state index contributed by atoms with van der Waals surface area (Å²) in [4.78, 5) is 4.87. The van der Waals surface area contributed by atoms with E-state index in [-0.39, 0.29) is 0 Å². The summed E-state index contributed by atoms with van der Waals surface area (Å²) in [6, 6.07) is 10.6. The molecule has 1 aliphatic carbocycles. The first-order valence-electron chi connectivity index (χ1n) is 11.3. The third-order valence-electron chi connectivity index (χ3n) is 7.02. The van der Waals surface area contributed by atoms with Gasteiger partial charge in [-0.2, -0.15) is 8.61 Å². The molecule has 0 unspecified atom stereocenters. The molecule has 178 valence electrons. The van der Waals surface area contributed by atoms with Crippen LogP contribution >= 0.6 is 0 Å². The van der Waals surface area contributed by atoms with Gasteiger partial charge in [-0.05, 0) is 67.0 Å². The van der Waals surface area contributed by atoms with E-state index in [2.05, 4.69) is 9.80 Å². The van der Waals surface area contributed by atoms with Crippen molar-refractivity contribution >= 4 is 20.0 Å². The second kappa shape index (κ2) is 8.44. The zero-order valence-electron chi connectivity index (χ0n) is 19.1. The Hall–Kier alpha value is -1.82. The van der Waals surface area contributed by atoms with E-state index in [0.29, 0.717) is 42.4 Å². The highest BCUT2D eigenvalue weighted by atomic mass is 32.2. The van der Waals surface area contributed by atoms with Gasteiger partial charge in [0.2, 0.25) is 20.0 Å². The fraction of sp³-hybridized carbons (Fsp3) is 0.478. The van der Waals surface area contributed by atoms with Crippen LogP contribution in [0.1, 0.15) is 11.1 Å². The smallest absolute Gasteiger partial charge is 0.243 e. The fourth-order valence-electron chi connectivity index (χ4n) is 4.84. The maximum atomic E-state index is 13.2. The van der Waals surface area contributed by atoms with E-state index in [1.807, 2.05) is 26.2 Å². The van der Waals surface area contributed by atoms with Crippen molar-refractivity contribution in [3.8, 4) is 11.1 Å². The van der Waals surface area contributed by atoms with Gasteiger partial charge in [-0.1, -0.05) is 12.1 Å². The Morgan fingerprint density at radius 2 is 0.939 bits per heavy atom. The van der Waals surface area contributed by atoms with E-state index >= 15 is 0 Å². The van der Waals surface area contributed by atoms with Crippen molar-refractivity contribution in [2.75, 3.05) is 66.5 Å². The lowest BCUT2D eigenvalue weighted by atomic mass is 10.1. The van der Waals surface area contributed by atoms with Gasteiger partial charge in [0, 0.05) is 52.4 Å². The van der Waals surface area contributed by atoms with E-state index in [1.165, 1.54) is 0 Å². The van der Waals surface area contributed by atoms with Gasteiger partial charge in [0.05, 0.1) is 9.79 Å². The average molecular weight is 491 g/mol. The van der Waals surface area contributed by atoms with Gasteiger partial charge in [0.25, 0.3) is 0 Å². The minimum absolute atomic E-state index is 0.309. The SMILES string of the molecule is CN1CCN(S(=O)(=O)c2ccc3c(c2)Cc2cc(S(=O)(=O)N4CCN(C)CC4)ccc2-3)CC1. The lowest BCUT2D eigenvalue weighted by Crippen LogP contribution is -2.47. The van der Waals surface area contributed by atoms with Crippen molar-refractivity contribution in [1.82, 2.24) is 18.4 Å². The molecule has 0 radical (unpaired) electrons. The average Bonchev–Trinajstić information content (AvgIpc) is 3.17. The van der Waals surface area contributed by atoms with Gasteiger partial charge in [0.1, 0.15) is 0 Å². The minimum atomic E-state index is -3.54. The lowest BCUT2D eigenvalue weighted by Gasteiger charge is -2.31. The van der Waals surface area contributed by atoms with Crippen LogP contribution in [-0.4, -0.2) is 102 Å². The summed E-state index contributed by atoms with van der Waals surface area (Å²) in [5, 5.41) is 0. The van der Waals surface area contributed by atoms with Crippen molar-refractivity contribution in [3.63, 3.8) is 0 Å². The Morgan fingerprint density at radius 3 is 1.30 bits per heavy atom. The maximum absolute atomic E-state index is 13.2. The Balaban J connectivity index is 1.40. The Morgan fingerprint density at radius 1 is 0.576 bits per heavy atom. The normalized spacial score (nSPS) is 21.2. The molecule has 0 amide bonds. The number of hydrogen-bond acceptors (Lipinski definition) is 6. The molecule has 0 N–H and O–H groups in total. The first-order chi connectivity index (χ1) is 15.7. The van der Waals surface area contributed by atoms with Crippen LogP contribution in [0.3, 0.4) is 0 Å². The number of piperazine rings is 2. The van der Waals surface area contributed by atoms with E-state index in [1.54, 1.807) is 32.9 Å². The molecule has 33 heavy (non-hydrogen) atoms. The Kier molecular flexibility index (Phi) is 5.87. The van der Waals surface area contributed by atoms with Crippen molar-refractivity contribution < 1.29 is 16.8 Å². The number of hydrogen-bond donors (Lipinski definition) is 0. The molecule has 3 aliphatic rings. The number of fused-ring (bicyclic) bond motifs is 3. The third kappa shape index (κ3) is 4.13. The molecular formula is C23H30N4O4S2. The van der Waals surface area contributed by atoms with Crippen LogP contribution in [0.25, 0.3) is 11.1 Å². The second-order valence-corrected chi connectivity index (χ2v) is 13.1. The van der Waals surface area contributed by atoms with Crippen LogP contribution in [0.2, 0.25) is 0 Å². The first-order valence-corrected chi connectivity index (χ1v) is 14.2. The van der Waals surface area contributed by atoms with Gasteiger partial charge < -0.3 is 9.80 Å². The maximum Gasteiger partial charge on any atom is 0.243 e. The molecule has 5 rings (SSSR count). The molecular weight excluding hydrogens is 460 g/mol. The highest BCUT2D eigenvalue weighted by molar-refractivity contribution is 7.89. The van der Waals surface area contributed by atoms with Crippen LogP contribution in [0.5, 0.6) is 0 Å². The fourth-order valence-corrected chi connectivity index (χ4v) is 7.79. The van der Waals surface area contributed by atoms with Crippen molar-refractivity contribution in [2.24, 2.45) is 0 Å². The molecule has 2 aromatic rings. The monoisotopic (exact) mass is 490 g/mol. The molecule has 0 atom stereocenters. The summed E-state index contributed by atoms with van der Waals surface area (Å²) >= 11 is 0. The van der Waals surface area contributed by atoms with E-state index in [0.717, 1.165) is 48.4 Å². The van der Waals surface area contributed by atoms with Crippen molar-refractivity contribution in [2.45, 2.75) is 16.2 Å². The van der Waals surface area contributed by atoms with Crippen molar-refractivity contribution in [1.29, 1.82) is 0 Å². The van der Waals surface area contributed by atoms with E-state index in [4.69, 9.17) is 0 Å². The van der Waals surface area contributed by atoms with Gasteiger partial charge >= 0.3 is 0 Å². The second-order valence-electron chi connectivity index (χ2n) is 9.23. The van der Waals surface area contributed by atoms with Crippen LogP contribution in [0, 0.1) is 0 Å². The molecule has 2 fully saturated rings. The zero-order valence-corrected chi connectivity index (χ0v) is 20.7. The quantitative estimate of drug-likeness (QED) is 0.546. The first kappa shape index (κ1) is 22.9. The summed E-state index contributed by atoms with van der Waals surface area (Å²) < 4.78 is 55.8. The number of rotatable bonds is 4. The zero-order chi connectivity index (χ0) is 23.4. The van der Waals surface area contributed by atoms with Crippen LogP contribution < -0.4 is 0 Å². The van der Waals surface area contributed by atoms with Crippen LogP contribution in [0.4, 0.5) is 0 Å². The molecule has 8 nitrogen and oxygen atoms in total. The summed E-state index contributed by atoms with van der Waals surface area (Å²) in [5.41, 5.74) is 3.81. The number of likely N-dealkylation sites (N-methyl/N-ethyl adjacent to an activating group) is 2. The highest BCUT2D eigenvalue weighted by Gasteiger charge is 2.31. The third-order valence-corrected chi connectivity index (χ3v) is 10.8. The summed E-state index contributed by atoms with van der Waals surface area (Å²) in [7, 11) is -3.10. The van der Waals surface area contributed by atoms with Crippen molar-refractivity contribution in [3.05, 3.63) is 47.5 Å². The van der Waals surface area contributed by atoms with E-state index in [9.17, 15) is 16.8 Å². The van der Waals surface area contributed by atoms with Gasteiger partial charge in [-0.3, -0.25) is 0 Å². The molecule has 0 spiro atoms. The predicted octanol–water partition coefficient (Wildman–Crippen LogP) is 1.13. The standard InChI is InChI=1S/C23H30N4O4S2/c1-24-7-11-26(12-8-24)32(28,29)20-3-5-22-18(16-20)15-19-17-21(4-6-23(19)22)33(30,31)27-13-9-25(2)10-14-27/h3-6,16-17H,7-15H2,1-2H3. The molecule has 2 saturated heterocycles. The molecule has 2 aliphatic heterocycles. The Labute approximate surface area is 196 Å².